The molecule has 0 spiro atoms. The van der Waals surface area contributed by atoms with E-state index in [1.54, 1.807) is 24.3 Å². The molecule has 0 bridgehead atoms. The van der Waals surface area contributed by atoms with Crippen LogP contribution in [-0.4, -0.2) is 154 Å². The summed E-state index contributed by atoms with van der Waals surface area (Å²) in [7, 11) is -11.1. The summed E-state index contributed by atoms with van der Waals surface area (Å²) in [6.45, 7) is 14.4. The maximum atomic E-state index is 14.6. The molecule has 3 fully saturated rings. The molecule has 10 rings (SSSR count). The molecule has 88 heavy (non-hydrogen) atoms. The van der Waals surface area contributed by atoms with Crippen LogP contribution >= 0.6 is 39.3 Å². The monoisotopic (exact) mass is 1350 g/mol. The van der Waals surface area contributed by atoms with E-state index in [9.17, 15) is 54.0 Å². The number of allylic oxidation sites excluding steroid dienone is 1. The van der Waals surface area contributed by atoms with Gasteiger partial charge in [0.25, 0.3) is 37.6 Å². The molecule has 0 saturated carbocycles. The van der Waals surface area contributed by atoms with Crippen LogP contribution in [-0.2, 0) is 36.0 Å². The van der Waals surface area contributed by atoms with Crippen molar-refractivity contribution in [1.82, 2.24) is 29.6 Å². The molecule has 5 amide bonds. The average Bonchev–Trinajstić information content (AvgIpc) is 1.94. The molecule has 3 unspecified atom stereocenters. The zero-order valence-corrected chi connectivity index (χ0v) is 53.8. The molecule has 3 N–H and O–H groups in total. The standard InChI is InChI=1S/C63H69BrClF3N8O9S3/c1-39-34-73(36-41-30-51-57(52(64)31-41)61(81)76(60(51)80)54-20-21-56(77)70-59(54)79)35-40(2)75(39)25-23-46(38-86-48-8-6-5-7-9-48)69-53-19-18-49(32-55(53)87(82,83)63(66,67)68)88(84,85)71-58(78)43-12-16-47(17-13-43)74-28-26-72(27-29-74)37-44-33-62(3,4)24-22-50(44)42-10-14-45(65)15-11-42/h5-19,30-32,39-40,46,54,69H,20-29,33-38H2,1-4H3,(H,71,78)(H,70,77,79)/t39?,40?,46-,54?/m1/s1. The molecule has 4 heterocycles. The zero-order valence-electron chi connectivity index (χ0n) is 49.0. The highest BCUT2D eigenvalue weighted by atomic mass is 79.9. The van der Waals surface area contributed by atoms with E-state index in [1.165, 1.54) is 40.6 Å². The average molecular weight is 1350 g/mol. The van der Waals surface area contributed by atoms with E-state index in [0.29, 0.717) is 61.3 Å². The van der Waals surface area contributed by atoms with Gasteiger partial charge in [-0.25, -0.2) is 21.6 Å². The summed E-state index contributed by atoms with van der Waals surface area (Å²) in [5.74, 6) is -3.23. The minimum absolute atomic E-state index is 0.00794. The molecule has 4 aliphatic heterocycles. The molecule has 1 aliphatic carbocycles. The second-order valence-corrected chi connectivity index (χ2v) is 30.1. The Hall–Kier alpha value is -6.12. The Labute approximate surface area is 528 Å². The molecule has 5 aliphatic rings. The summed E-state index contributed by atoms with van der Waals surface area (Å²) >= 11 is 11.1. The molecule has 5 aromatic rings. The van der Waals surface area contributed by atoms with E-state index >= 15 is 0 Å². The number of rotatable bonds is 19. The number of fused-ring (bicyclic) bond motifs is 1. The van der Waals surface area contributed by atoms with Crippen LogP contribution in [0.1, 0.15) is 108 Å². The second-order valence-electron chi connectivity index (χ2n) is 24.1. The van der Waals surface area contributed by atoms with Gasteiger partial charge in [-0.2, -0.15) is 13.2 Å². The van der Waals surface area contributed by atoms with Gasteiger partial charge < -0.3 is 10.2 Å². The molecule has 4 atom stereocenters. The maximum absolute atomic E-state index is 14.6. The van der Waals surface area contributed by atoms with Crippen molar-refractivity contribution < 1.29 is 54.0 Å². The van der Waals surface area contributed by atoms with Crippen molar-refractivity contribution in [3.8, 4) is 0 Å². The van der Waals surface area contributed by atoms with E-state index in [0.717, 1.165) is 72.1 Å². The second kappa shape index (κ2) is 26.4. The van der Waals surface area contributed by atoms with Crippen molar-refractivity contribution in [3.05, 3.63) is 152 Å². The molecule has 0 radical (unpaired) electrons. The molecular formula is C63H69BrClF3N8O9S3. The number of carbonyl (C=O) groups is 5. The van der Waals surface area contributed by atoms with Crippen LogP contribution in [0.4, 0.5) is 24.5 Å². The lowest BCUT2D eigenvalue weighted by molar-refractivity contribution is -0.136. The first-order valence-electron chi connectivity index (χ1n) is 29.2. The lowest BCUT2D eigenvalue weighted by Crippen LogP contribution is -2.56. The van der Waals surface area contributed by atoms with Gasteiger partial charge in [-0.1, -0.05) is 61.4 Å². The third-order valence-electron chi connectivity index (χ3n) is 17.2. The van der Waals surface area contributed by atoms with Crippen LogP contribution in [0, 0.1) is 5.41 Å². The van der Waals surface area contributed by atoms with E-state index < -0.39 is 82.5 Å². The largest absolute Gasteiger partial charge is 0.501 e. The van der Waals surface area contributed by atoms with E-state index in [2.05, 4.69) is 72.1 Å². The Balaban J connectivity index is 0.792. The van der Waals surface area contributed by atoms with Crippen molar-refractivity contribution in [3.63, 3.8) is 0 Å². The number of hydrogen-bond donors (Lipinski definition) is 3. The number of sulfonamides is 1. The van der Waals surface area contributed by atoms with Gasteiger partial charge in [0.2, 0.25) is 11.8 Å². The van der Waals surface area contributed by atoms with Crippen LogP contribution < -0.4 is 20.3 Å². The van der Waals surface area contributed by atoms with Crippen LogP contribution in [0.25, 0.3) is 5.57 Å². The summed E-state index contributed by atoms with van der Waals surface area (Å²) in [6, 6.07) is 27.5. The lowest BCUT2D eigenvalue weighted by atomic mass is 9.73. The fourth-order valence-electron chi connectivity index (χ4n) is 12.6. The minimum atomic E-state index is -6.18. The Morgan fingerprint density at radius 1 is 0.830 bits per heavy atom. The predicted octanol–water partition coefficient (Wildman–Crippen LogP) is 10.3. The number of benzene rings is 5. The molecule has 0 aromatic heterocycles. The number of piperidine rings is 1. The number of amides is 5. The first-order valence-corrected chi connectivity index (χ1v) is 34.3. The van der Waals surface area contributed by atoms with Crippen molar-refractivity contribution in [2.24, 2.45) is 5.41 Å². The number of hydrogen-bond acceptors (Lipinski definition) is 15. The van der Waals surface area contributed by atoms with Crippen molar-refractivity contribution in [2.45, 2.75) is 117 Å². The first kappa shape index (κ1) is 64.9. The van der Waals surface area contributed by atoms with E-state index in [-0.39, 0.29) is 52.8 Å². The number of carbonyl (C=O) groups excluding carboxylic acids is 5. The number of sulfone groups is 1. The van der Waals surface area contributed by atoms with Crippen LogP contribution in [0.3, 0.4) is 0 Å². The summed E-state index contributed by atoms with van der Waals surface area (Å²) in [6.07, 6.45) is 3.42. The highest BCUT2D eigenvalue weighted by Gasteiger charge is 2.49. The fourth-order valence-corrected chi connectivity index (χ4v) is 16.4. The van der Waals surface area contributed by atoms with Gasteiger partial charge in [-0.05, 0) is 163 Å². The summed E-state index contributed by atoms with van der Waals surface area (Å²) < 4.78 is 101. The zero-order chi connectivity index (χ0) is 63.0. The number of nitrogens with one attached hydrogen (secondary N) is 3. The molecular weight excluding hydrogens is 1280 g/mol. The summed E-state index contributed by atoms with van der Waals surface area (Å²) in [5, 5.41) is 5.96. The molecule has 25 heteroatoms. The van der Waals surface area contributed by atoms with Gasteiger partial charge in [-0.3, -0.25) is 48.9 Å². The maximum Gasteiger partial charge on any atom is 0.501 e. The SMILES string of the molecule is CC1CN(Cc2cc(Br)c3c(c2)C(=O)N(C2CCC(=O)NC2=O)C3=O)CC(C)N1CC[C@H](CSc1ccccc1)Nc1ccc(S(=O)(=O)NC(=O)c2ccc(N3CCN(CC4=C(c5ccc(Cl)cc5)CCC(C)(C)C4)CC3)cc2)cc1S(=O)(=O)C(F)(F)F. The number of alkyl halides is 3. The Morgan fingerprint density at radius 3 is 2.17 bits per heavy atom. The van der Waals surface area contributed by atoms with Crippen molar-refractivity contribution >= 4 is 106 Å². The normalized spacial score (nSPS) is 21.1. The van der Waals surface area contributed by atoms with Crippen LogP contribution in [0.2, 0.25) is 5.02 Å². The molecule has 468 valence electrons. The highest BCUT2D eigenvalue weighted by Crippen LogP contribution is 2.44. The molecule has 3 saturated heterocycles. The number of imide groups is 2. The number of halogens is 5. The summed E-state index contributed by atoms with van der Waals surface area (Å²) in [5.41, 5.74) is -0.294. The topological polar surface area (TPSA) is 206 Å². The first-order chi connectivity index (χ1) is 41.6. The number of piperazine rings is 2. The third kappa shape index (κ3) is 14.5. The van der Waals surface area contributed by atoms with Gasteiger partial charge in [0.15, 0.2) is 0 Å². The van der Waals surface area contributed by atoms with Crippen molar-refractivity contribution in [2.75, 3.05) is 68.3 Å². The van der Waals surface area contributed by atoms with Crippen LogP contribution in [0.5, 0.6) is 0 Å². The third-order valence-corrected chi connectivity index (χ3v) is 22.1. The quantitative estimate of drug-likeness (QED) is 0.0520. The van der Waals surface area contributed by atoms with Gasteiger partial charge in [0.1, 0.15) is 10.9 Å². The Morgan fingerprint density at radius 2 is 1.51 bits per heavy atom. The van der Waals surface area contributed by atoms with Gasteiger partial charge in [0.05, 0.1) is 21.7 Å². The van der Waals surface area contributed by atoms with Crippen molar-refractivity contribution in [1.29, 1.82) is 0 Å². The van der Waals surface area contributed by atoms with Crippen LogP contribution in [0.15, 0.2) is 134 Å². The van der Waals surface area contributed by atoms with Gasteiger partial charge in [0, 0.05) is 115 Å². The minimum Gasteiger partial charge on any atom is -0.380 e. The van der Waals surface area contributed by atoms with Gasteiger partial charge >= 0.3 is 5.51 Å². The fraction of sp³-hybridized carbons (Fsp3) is 0.413. The number of anilines is 2. The van der Waals surface area contributed by atoms with E-state index in [1.807, 2.05) is 61.0 Å². The predicted molar refractivity (Wildman–Crippen MR) is 336 cm³/mol. The van der Waals surface area contributed by atoms with E-state index in [4.69, 9.17) is 11.6 Å². The summed E-state index contributed by atoms with van der Waals surface area (Å²) in [4.78, 5) is 73.9. The lowest BCUT2D eigenvalue weighted by Gasteiger charge is -2.45. The molecule has 5 aromatic carbocycles. The Kier molecular flexibility index (Phi) is 19.4. The smallest absolute Gasteiger partial charge is 0.380 e. The molecule has 17 nitrogen and oxygen atoms in total. The van der Waals surface area contributed by atoms with Gasteiger partial charge in [-0.15, -0.1) is 11.8 Å². The number of thioether (sulfide) groups is 1. The highest BCUT2D eigenvalue weighted by molar-refractivity contribution is 9.10. The number of nitrogens with zero attached hydrogens (tertiary/aromatic N) is 5. The Bertz CT molecular complexity index is 3770.